The van der Waals surface area contributed by atoms with Gasteiger partial charge in [0.15, 0.2) is 5.65 Å². The van der Waals surface area contributed by atoms with Crippen LogP contribution in [-0.2, 0) is 10.0 Å². The molecule has 3 aromatic rings. The molecule has 3 rings (SSSR count). The SMILES string of the molecule is C=CS(=O)(=O)Nc1cccc(-c2[nH]nc3nc(C(C)C)nc(N)c23)c1. The van der Waals surface area contributed by atoms with Crippen molar-refractivity contribution >= 4 is 32.6 Å². The van der Waals surface area contributed by atoms with E-state index in [1.165, 1.54) is 0 Å². The molecule has 25 heavy (non-hydrogen) atoms. The van der Waals surface area contributed by atoms with Gasteiger partial charge in [0.1, 0.15) is 11.6 Å². The van der Waals surface area contributed by atoms with Gasteiger partial charge < -0.3 is 5.73 Å². The van der Waals surface area contributed by atoms with E-state index < -0.39 is 10.0 Å². The second-order valence-corrected chi connectivity index (χ2v) is 7.44. The zero-order valence-corrected chi connectivity index (χ0v) is 14.6. The van der Waals surface area contributed by atoms with Crippen molar-refractivity contribution in [3.63, 3.8) is 0 Å². The van der Waals surface area contributed by atoms with Crippen LogP contribution in [-0.4, -0.2) is 28.6 Å². The largest absolute Gasteiger partial charge is 0.383 e. The summed E-state index contributed by atoms with van der Waals surface area (Å²) in [6.45, 7) is 7.23. The van der Waals surface area contributed by atoms with Crippen LogP contribution >= 0.6 is 0 Å². The fourth-order valence-corrected chi connectivity index (χ4v) is 2.92. The number of nitrogens with one attached hydrogen (secondary N) is 2. The smallest absolute Gasteiger partial charge is 0.254 e. The lowest BCUT2D eigenvalue weighted by Crippen LogP contribution is -2.08. The molecule has 8 nitrogen and oxygen atoms in total. The van der Waals surface area contributed by atoms with Crippen LogP contribution in [0.5, 0.6) is 0 Å². The van der Waals surface area contributed by atoms with Crippen molar-refractivity contribution in [3.8, 4) is 11.3 Å². The molecule has 0 saturated heterocycles. The van der Waals surface area contributed by atoms with E-state index in [2.05, 4.69) is 31.5 Å². The summed E-state index contributed by atoms with van der Waals surface area (Å²) in [4.78, 5) is 8.75. The van der Waals surface area contributed by atoms with Crippen molar-refractivity contribution in [2.75, 3.05) is 10.5 Å². The monoisotopic (exact) mass is 358 g/mol. The second-order valence-electron chi connectivity index (χ2n) is 5.81. The third-order valence-corrected chi connectivity index (χ3v) is 4.57. The Morgan fingerprint density at radius 1 is 1.32 bits per heavy atom. The van der Waals surface area contributed by atoms with Crippen LogP contribution in [0.2, 0.25) is 0 Å². The Morgan fingerprint density at radius 2 is 2.08 bits per heavy atom. The van der Waals surface area contributed by atoms with Gasteiger partial charge in [-0.15, -0.1) is 0 Å². The molecule has 0 fully saturated rings. The maximum absolute atomic E-state index is 11.6. The first kappa shape index (κ1) is 16.9. The normalized spacial score (nSPS) is 11.8. The highest BCUT2D eigenvalue weighted by Crippen LogP contribution is 2.31. The van der Waals surface area contributed by atoms with Crippen molar-refractivity contribution in [1.29, 1.82) is 0 Å². The molecule has 0 aliphatic carbocycles. The van der Waals surface area contributed by atoms with Crippen LogP contribution in [0.25, 0.3) is 22.3 Å². The topological polar surface area (TPSA) is 127 Å². The summed E-state index contributed by atoms with van der Waals surface area (Å²) >= 11 is 0. The fraction of sp³-hybridized carbons (Fsp3) is 0.188. The van der Waals surface area contributed by atoms with Crippen LogP contribution in [0, 0.1) is 0 Å². The number of nitrogens with zero attached hydrogens (tertiary/aromatic N) is 3. The molecule has 0 spiro atoms. The third kappa shape index (κ3) is 3.31. The molecule has 2 aromatic heterocycles. The molecule has 9 heteroatoms. The molecule has 1 aromatic carbocycles. The van der Waals surface area contributed by atoms with E-state index in [4.69, 9.17) is 5.73 Å². The number of benzene rings is 1. The van der Waals surface area contributed by atoms with Crippen LogP contribution in [0.3, 0.4) is 0 Å². The third-order valence-electron chi connectivity index (χ3n) is 3.61. The van der Waals surface area contributed by atoms with E-state index in [-0.39, 0.29) is 5.92 Å². The molecule has 0 aliphatic rings. The summed E-state index contributed by atoms with van der Waals surface area (Å²) in [5, 5.41) is 8.58. The molecule has 0 atom stereocenters. The number of nitrogens with two attached hydrogens (primary N) is 1. The number of sulfonamides is 1. The van der Waals surface area contributed by atoms with E-state index in [9.17, 15) is 8.42 Å². The highest BCUT2D eigenvalue weighted by atomic mass is 32.2. The van der Waals surface area contributed by atoms with Crippen molar-refractivity contribution in [2.24, 2.45) is 0 Å². The van der Waals surface area contributed by atoms with Crippen molar-refractivity contribution in [3.05, 3.63) is 42.1 Å². The number of anilines is 2. The van der Waals surface area contributed by atoms with Crippen molar-refractivity contribution in [2.45, 2.75) is 19.8 Å². The minimum absolute atomic E-state index is 0.128. The van der Waals surface area contributed by atoms with Gasteiger partial charge in [0.05, 0.1) is 11.1 Å². The minimum atomic E-state index is -3.59. The molecular formula is C16H18N6O2S. The summed E-state index contributed by atoms with van der Waals surface area (Å²) < 4.78 is 25.7. The summed E-state index contributed by atoms with van der Waals surface area (Å²) in [5.41, 5.74) is 8.31. The summed E-state index contributed by atoms with van der Waals surface area (Å²) in [6, 6.07) is 6.85. The van der Waals surface area contributed by atoms with Gasteiger partial charge in [0, 0.05) is 22.6 Å². The molecule has 0 amide bonds. The van der Waals surface area contributed by atoms with Crippen LogP contribution < -0.4 is 10.5 Å². The summed E-state index contributed by atoms with van der Waals surface area (Å²) in [7, 11) is -3.59. The highest BCUT2D eigenvalue weighted by molar-refractivity contribution is 7.95. The molecule has 0 saturated carbocycles. The Kier molecular flexibility index (Phi) is 4.17. The van der Waals surface area contributed by atoms with Gasteiger partial charge in [-0.05, 0) is 12.1 Å². The van der Waals surface area contributed by atoms with Gasteiger partial charge in [-0.25, -0.2) is 18.4 Å². The second kappa shape index (κ2) is 6.17. The molecule has 0 bridgehead atoms. The maximum Gasteiger partial charge on any atom is 0.254 e. The fourth-order valence-electron chi connectivity index (χ4n) is 2.38. The maximum atomic E-state index is 11.6. The number of fused-ring (bicyclic) bond motifs is 1. The van der Waals surface area contributed by atoms with Crippen molar-refractivity contribution < 1.29 is 8.42 Å². The quantitative estimate of drug-likeness (QED) is 0.643. The predicted molar refractivity (Wildman–Crippen MR) is 98.4 cm³/mol. The molecule has 0 radical (unpaired) electrons. The van der Waals surface area contributed by atoms with Gasteiger partial charge in [-0.2, -0.15) is 5.10 Å². The molecular weight excluding hydrogens is 340 g/mol. The number of hydrogen-bond donors (Lipinski definition) is 3. The Labute approximate surface area is 145 Å². The van der Waals surface area contributed by atoms with E-state index in [0.29, 0.717) is 39.6 Å². The standard InChI is InChI=1S/C16H18N6O2S/c1-4-25(23,24)22-11-7-5-6-10(8-11)13-12-14(17)18-15(9(2)3)19-16(12)21-20-13/h4-9,22H,1H2,2-3H3,(H3,17,18,19,20,21). The Bertz CT molecular complexity index is 1060. The minimum Gasteiger partial charge on any atom is -0.383 e. The molecule has 2 heterocycles. The van der Waals surface area contributed by atoms with E-state index >= 15 is 0 Å². The Hall–Kier alpha value is -2.94. The van der Waals surface area contributed by atoms with E-state index in [1.54, 1.807) is 18.2 Å². The number of aromatic amines is 1. The van der Waals surface area contributed by atoms with Gasteiger partial charge in [-0.3, -0.25) is 9.82 Å². The lowest BCUT2D eigenvalue weighted by atomic mass is 10.1. The lowest BCUT2D eigenvalue weighted by Gasteiger charge is -2.08. The van der Waals surface area contributed by atoms with Crippen LogP contribution in [0.1, 0.15) is 25.6 Å². The van der Waals surface area contributed by atoms with E-state index in [0.717, 1.165) is 5.41 Å². The van der Waals surface area contributed by atoms with E-state index in [1.807, 2.05) is 19.9 Å². The predicted octanol–water partition coefficient (Wildman–Crippen LogP) is 2.61. The zero-order valence-electron chi connectivity index (χ0n) is 13.8. The highest BCUT2D eigenvalue weighted by Gasteiger charge is 2.16. The van der Waals surface area contributed by atoms with Gasteiger partial charge in [-0.1, -0.05) is 32.6 Å². The molecule has 0 unspecified atom stereocenters. The molecule has 0 aliphatic heterocycles. The number of rotatable bonds is 5. The number of aromatic nitrogens is 4. The number of nitrogen functional groups attached to an aromatic ring is 1. The molecule has 4 N–H and O–H groups in total. The zero-order chi connectivity index (χ0) is 18.2. The number of H-pyrrole nitrogens is 1. The Morgan fingerprint density at radius 3 is 2.76 bits per heavy atom. The first-order chi connectivity index (χ1) is 11.8. The number of hydrogen-bond acceptors (Lipinski definition) is 6. The van der Waals surface area contributed by atoms with Gasteiger partial charge in [0.25, 0.3) is 10.0 Å². The first-order valence-corrected chi connectivity index (χ1v) is 9.12. The Balaban J connectivity index is 2.10. The molecule has 130 valence electrons. The summed E-state index contributed by atoms with van der Waals surface area (Å²) in [6.07, 6.45) is 0. The van der Waals surface area contributed by atoms with Crippen LogP contribution in [0.15, 0.2) is 36.3 Å². The average molecular weight is 358 g/mol. The van der Waals surface area contributed by atoms with Gasteiger partial charge >= 0.3 is 0 Å². The van der Waals surface area contributed by atoms with Crippen molar-refractivity contribution in [1.82, 2.24) is 20.2 Å². The summed E-state index contributed by atoms with van der Waals surface area (Å²) in [5.74, 6) is 1.08. The van der Waals surface area contributed by atoms with Gasteiger partial charge in [0.2, 0.25) is 0 Å². The average Bonchev–Trinajstić information content (AvgIpc) is 2.99. The van der Waals surface area contributed by atoms with Crippen LogP contribution in [0.4, 0.5) is 11.5 Å². The lowest BCUT2D eigenvalue weighted by molar-refractivity contribution is 0.609. The first-order valence-electron chi connectivity index (χ1n) is 7.58.